The molecule has 1 aliphatic rings. The first kappa shape index (κ1) is 14.6. The van der Waals surface area contributed by atoms with Crippen molar-refractivity contribution in [2.24, 2.45) is 0 Å². The molecule has 2 rings (SSSR count). The molecule has 0 radical (unpaired) electrons. The van der Waals surface area contributed by atoms with Crippen molar-refractivity contribution in [3.05, 3.63) is 29.8 Å². The number of carbonyl (C=O) groups excluding carboxylic acids is 1. The van der Waals surface area contributed by atoms with Gasteiger partial charge in [-0.1, -0.05) is 0 Å². The van der Waals surface area contributed by atoms with Crippen LogP contribution in [0, 0.1) is 0 Å². The molecule has 1 aromatic rings. The first-order valence-corrected chi connectivity index (χ1v) is 6.25. The van der Waals surface area contributed by atoms with Crippen molar-refractivity contribution in [3.8, 4) is 5.75 Å². The number of halogens is 3. The maximum atomic E-state index is 12.4. The van der Waals surface area contributed by atoms with Crippen LogP contribution in [0.4, 0.5) is 13.2 Å². The van der Waals surface area contributed by atoms with E-state index in [0.717, 1.165) is 25.2 Å². The summed E-state index contributed by atoms with van der Waals surface area (Å²) in [5.74, 6) is 0.0906. The van der Waals surface area contributed by atoms with E-state index in [9.17, 15) is 18.0 Å². The molecule has 20 heavy (non-hydrogen) atoms. The Kier molecular flexibility index (Phi) is 4.49. The van der Waals surface area contributed by atoms with Crippen molar-refractivity contribution < 1.29 is 22.7 Å². The first-order valence-electron chi connectivity index (χ1n) is 6.25. The van der Waals surface area contributed by atoms with Gasteiger partial charge < -0.3 is 15.0 Å². The van der Waals surface area contributed by atoms with Crippen molar-refractivity contribution in [1.82, 2.24) is 10.2 Å². The van der Waals surface area contributed by atoms with Crippen molar-refractivity contribution in [2.45, 2.75) is 6.18 Å². The Morgan fingerprint density at radius 3 is 2.35 bits per heavy atom. The number of nitrogens with zero attached hydrogens (tertiary/aromatic N) is 1. The van der Waals surface area contributed by atoms with Gasteiger partial charge in [-0.2, -0.15) is 13.2 Å². The number of alkyl halides is 3. The fourth-order valence-corrected chi connectivity index (χ4v) is 1.89. The third-order valence-electron chi connectivity index (χ3n) is 3.01. The number of nitrogens with one attached hydrogen (secondary N) is 1. The molecule has 1 heterocycles. The molecule has 1 aliphatic heterocycles. The Bertz CT molecular complexity index is 454. The van der Waals surface area contributed by atoms with E-state index < -0.39 is 11.7 Å². The van der Waals surface area contributed by atoms with Crippen LogP contribution in [0.25, 0.3) is 0 Å². The minimum Gasteiger partial charge on any atom is -0.484 e. The summed E-state index contributed by atoms with van der Waals surface area (Å²) in [6.07, 6.45) is -4.37. The Hall–Kier alpha value is -1.76. The molecule has 1 saturated heterocycles. The fourth-order valence-electron chi connectivity index (χ4n) is 1.89. The maximum Gasteiger partial charge on any atom is 0.416 e. The standard InChI is InChI=1S/C13H15F3N2O2/c14-13(15,16)10-1-3-11(4-2-10)20-9-12(19)18-7-5-17-6-8-18/h1-4,17H,5-9H2. The number of hydrogen-bond acceptors (Lipinski definition) is 3. The van der Waals surface area contributed by atoms with E-state index in [1.807, 2.05) is 0 Å². The van der Waals surface area contributed by atoms with Crippen LogP contribution in [0.2, 0.25) is 0 Å². The Labute approximate surface area is 114 Å². The van der Waals surface area contributed by atoms with Crippen LogP contribution in [-0.2, 0) is 11.0 Å². The minimum absolute atomic E-state index is 0.161. The molecule has 0 aromatic heterocycles. The van der Waals surface area contributed by atoms with Crippen LogP contribution in [0.5, 0.6) is 5.75 Å². The topological polar surface area (TPSA) is 41.6 Å². The molecule has 110 valence electrons. The molecule has 0 bridgehead atoms. The van der Waals surface area contributed by atoms with Crippen LogP contribution >= 0.6 is 0 Å². The van der Waals surface area contributed by atoms with Gasteiger partial charge in [0.1, 0.15) is 5.75 Å². The highest BCUT2D eigenvalue weighted by Gasteiger charge is 2.30. The van der Waals surface area contributed by atoms with Gasteiger partial charge in [-0.15, -0.1) is 0 Å². The quantitative estimate of drug-likeness (QED) is 0.917. The summed E-state index contributed by atoms with van der Waals surface area (Å²) in [5, 5.41) is 3.12. The first-order chi connectivity index (χ1) is 9.47. The number of amides is 1. The molecule has 0 aliphatic carbocycles. The summed E-state index contributed by atoms with van der Waals surface area (Å²) in [7, 11) is 0. The zero-order valence-electron chi connectivity index (χ0n) is 10.7. The highest BCUT2D eigenvalue weighted by atomic mass is 19.4. The van der Waals surface area contributed by atoms with Gasteiger partial charge in [0.05, 0.1) is 5.56 Å². The normalized spacial score (nSPS) is 16.1. The van der Waals surface area contributed by atoms with Gasteiger partial charge >= 0.3 is 6.18 Å². The van der Waals surface area contributed by atoms with Crippen LogP contribution in [0.3, 0.4) is 0 Å². The Morgan fingerprint density at radius 1 is 1.20 bits per heavy atom. The Morgan fingerprint density at radius 2 is 1.80 bits per heavy atom. The maximum absolute atomic E-state index is 12.4. The van der Waals surface area contributed by atoms with Crippen LogP contribution in [0.1, 0.15) is 5.56 Å². The number of ether oxygens (including phenoxy) is 1. The molecule has 0 saturated carbocycles. The number of benzene rings is 1. The van der Waals surface area contributed by atoms with Gasteiger partial charge in [0.25, 0.3) is 5.91 Å². The molecule has 0 atom stereocenters. The van der Waals surface area contributed by atoms with E-state index in [-0.39, 0.29) is 18.3 Å². The molecule has 0 spiro atoms. The molecule has 1 amide bonds. The van der Waals surface area contributed by atoms with Gasteiger partial charge in [-0.05, 0) is 24.3 Å². The van der Waals surface area contributed by atoms with E-state index >= 15 is 0 Å². The number of piperazine rings is 1. The van der Waals surface area contributed by atoms with Crippen molar-refractivity contribution in [2.75, 3.05) is 32.8 Å². The summed E-state index contributed by atoms with van der Waals surface area (Å²) in [5.41, 5.74) is -0.738. The smallest absolute Gasteiger partial charge is 0.416 e. The van der Waals surface area contributed by atoms with Crippen LogP contribution in [-0.4, -0.2) is 43.6 Å². The largest absolute Gasteiger partial charge is 0.484 e. The van der Waals surface area contributed by atoms with E-state index in [4.69, 9.17) is 4.74 Å². The van der Waals surface area contributed by atoms with Crippen molar-refractivity contribution in [3.63, 3.8) is 0 Å². The predicted octanol–water partition coefficient (Wildman–Crippen LogP) is 1.52. The van der Waals surface area contributed by atoms with Gasteiger partial charge in [-0.3, -0.25) is 4.79 Å². The van der Waals surface area contributed by atoms with Crippen molar-refractivity contribution >= 4 is 5.91 Å². The van der Waals surface area contributed by atoms with Crippen molar-refractivity contribution in [1.29, 1.82) is 0 Å². The lowest BCUT2D eigenvalue weighted by atomic mass is 10.2. The third-order valence-corrected chi connectivity index (χ3v) is 3.01. The molecule has 1 fully saturated rings. The highest BCUT2D eigenvalue weighted by Crippen LogP contribution is 2.30. The SMILES string of the molecule is O=C(COc1ccc(C(F)(F)F)cc1)N1CCNCC1. The average Bonchev–Trinajstić information content (AvgIpc) is 2.45. The second-order valence-corrected chi connectivity index (χ2v) is 4.44. The summed E-state index contributed by atoms with van der Waals surface area (Å²) in [4.78, 5) is 13.5. The summed E-state index contributed by atoms with van der Waals surface area (Å²) in [6.45, 7) is 2.56. The van der Waals surface area contributed by atoms with Gasteiger partial charge in [0.2, 0.25) is 0 Å². The average molecular weight is 288 g/mol. The summed E-state index contributed by atoms with van der Waals surface area (Å²) >= 11 is 0. The molecule has 0 unspecified atom stereocenters. The lowest BCUT2D eigenvalue weighted by Crippen LogP contribution is -2.47. The lowest BCUT2D eigenvalue weighted by molar-refractivity contribution is -0.137. The molecule has 1 N–H and O–H groups in total. The fraction of sp³-hybridized carbons (Fsp3) is 0.462. The summed E-state index contributed by atoms with van der Waals surface area (Å²) in [6, 6.07) is 4.30. The summed E-state index contributed by atoms with van der Waals surface area (Å²) < 4.78 is 42.3. The van der Waals surface area contributed by atoms with Gasteiger partial charge in [-0.25, -0.2) is 0 Å². The van der Waals surface area contributed by atoms with Crippen LogP contribution < -0.4 is 10.1 Å². The number of rotatable bonds is 3. The zero-order valence-corrected chi connectivity index (χ0v) is 10.7. The van der Waals surface area contributed by atoms with E-state index in [1.54, 1.807) is 4.90 Å². The monoisotopic (exact) mass is 288 g/mol. The highest BCUT2D eigenvalue weighted by molar-refractivity contribution is 5.77. The van der Waals surface area contributed by atoms with E-state index in [2.05, 4.69) is 5.32 Å². The predicted molar refractivity (Wildman–Crippen MR) is 66.4 cm³/mol. The number of hydrogen-bond donors (Lipinski definition) is 1. The second-order valence-electron chi connectivity index (χ2n) is 4.44. The van der Waals surface area contributed by atoms with Crippen LogP contribution in [0.15, 0.2) is 24.3 Å². The van der Waals surface area contributed by atoms with Gasteiger partial charge in [0, 0.05) is 26.2 Å². The molecular weight excluding hydrogens is 273 g/mol. The molecule has 7 heteroatoms. The van der Waals surface area contributed by atoms with E-state index in [0.29, 0.717) is 13.1 Å². The van der Waals surface area contributed by atoms with Gasteiger partial charge in [0.15, 0.2) is 6.61 Å². The minimum atomic E-state index is -4.37. The van der Waals surface area contributed by atoms with E-state index in [1.165, 1.54) is 12.1 Å². The number of carbonyl (C=O) groups is 1. The molecule has 1 aromatic carbocycles. The third kappa shape index (κ3) is 3.86. The molecular formula is C13H15F3N2O2. The zero-order chi connectivity index (χ0) is 14.6. The Balaban J connectivity index is 1.86. The second kappa shape index (κ2) is 6.13. The molecule has 4 nitrogen and oxygen atoms in total. The lowest BCUT2D eigenvalue weighted by Gasteiger charge is -2.27.